The molecular weight excluding hydrogens is 389 g/mol. The number of nitrogens with zero attached hydrogens (tertiary/aromatic N) is 2. The molecule has 1 aliphatic rings. The normalized spacial score (nSPS) is 12.3. The van der Waals surface area contributed by atoms with Crippen LogP contribution in [0.1, 0.15) is 41.6 Å². The molecule has 2 aromatic heterocycles. The standard InChI is InChI=1S/C18H8FN3O5S/c19-8-1-3-9(4-2-8)21-18(25)10-5-6-20-14-13(10)16(24)17-11(15(14)23)7-12(28-17)22(26)27/h1-7H,(H,21,25). The average Bonchev–Trinajstić information content (AvgIpc) is 3.14. The number of nitro groups is 1. The van der Waals surface area contributed by atoms with Crippen LogP contribution in [0, 0.1) is 15.9 Å². The molecule has 138 valence electrons. The molecule has 0 spiro atoms. The molecule has 0 saturated carbocycles. The first-order valence-electron chi connectivity index (χ1n) is 7.80. The number of amides is 1. The summed E-state index contributed by atoms with van der Waals surface area (Å²) in [5.41, 5.74) is -0.362. The Morgan fingerprint density at radius 2 is 1.86 bits per heavy atom. The van der Waals surface area contributed by atoms with Crippen LogP contribution in [0.15, 0.2) is 42.6 Å². The van der Waals surface area contributed by atoms with Gasteiger partial charge in [0.05, 0.1) is 26.5 Å². The zero-order valence-electron chi connectivity index (χ0n) is 13.8. The van der Waals surface area contributed by atoms with Crippen LogP contribution in [0.4, 0.5) is 15.1 Å². The number of hydrogen-bond donors (Lipinski definition) is 1. The van der Waals surface area contributed by atoms with Crippen molar-refractivity contribution < 1.29 is 23.7 Å². The zero-order valence-corrected chi connectivity index (χ0v) is 14.6. The predicted molar refractivity (Wildman–Crippen MR) is 96.4 cm³/mol. The van der Waals surface area contributed by atoms with Crippen molar-refractivity contribution in [3.8, 4) is 0 Å². The lowest BCUT2D eigenvalue weighted by atomic mass is 9.89. The minimum Gasteiger partial charge on any atom is -0.322 e. The van der Waals surface area contributed by atoms with Crippen molar-refractivity contribution in [1.29, 1.82) is 0 Å². The molecule has 1 aliphatic carbocycles. The topological polar surface area (TPSA) is 119 Å². The van der Waals surface area contributed by atoms with Crippen molar-refractivity contribution in [3.05, 3.63) is 85.8 Å². The van der Waals surface area contributed by atoms with Gasteiger partial charge in [-0.05, 0) is 30.3 Å². The maximum absolute atomic E-state index is 13.0. The molecule has 0 saturated heterocycles. The zero-order chi connectivity index (χ0) is 20.0. The summed E-state index contributed by atoms with van der Waals surface area (Å²) in [5, 5.41) is 13.2. The highest BCUT2D eigenvalue weighted by Crippen LogP contribution is 2.37. The number of halogens is 1. The fraction of sp³-hybridized carbons (Fsp3) is 0. The predicted octanol–water partition coefficient (Wildman–Crippen LogP) is 3.22. The number of benzene rings is 1. The van der Waals surface area contributed by atoms with Gasteiger partial charge in [-0.3, -0.25) is 29.5 Å². The summed E-state index contributed by atoms with van der Waals surface area (Å²) in [5.74, 6) is -2.52. The van der Waals surface area contributed by atoms with E-state index in [0.717, 1.165) is 18.2 Å². The Balaban J connectivity index is 1.77. The lowest BCUT2D eigenvalue weighted by molar-refractivity contribution is -0.380. The van der Waals surface area contributed by atoms with Crippen molar-refractivity contribution >= 4 is 39.5 Å². The molecule has 2 heterocycles. The van der Waals surface area contributed by atoms with E-state index in [9.17, 15) is 28.9 Å². The summed E-state index contributed by atoms with van der Waals surface area (Å²) < 4.78 is 13.0. The highest BCUT2D eigenvalue weighted by molar-refractivity contribution is 7.18. The van der Waals surface area contributed by atoms with Crippen molar-refractivity contribution in [2.75, 3.05) is 5.32 Å². The largest absolute Gasteiger partial charge is 0.325 e. The summed E-state index contributed by atoms with van der Waals surface area (Å²) in [6.45, 7) is 0. The molecule has 4 rings (SSSR count). The van der Waals surface area contributed by atoms with Crippen molar-refractivity contribution in [2.45, 2.75) is 0 Å². The number of carbonyl (C=O) groups is 3. The first kappa shape index (κ1) is 17.6. The van der Waals surface area contributed by atoms with E-state index in [0.29, 0.717) is 17.0 Å². The van der Waals surface area contributed by atoms with Gasteiger partial charge < -0.3 is 5.32 Å². The highest BCUT2D eigenvalue weighted by atomic mass is 32.1. The lowest BCUT2D eigenvalue weighted by Crippen LogP contribution is -2.25. The Morgan fingerprint density at radius 3 is 2.54 bits per heavy atom. The number of carbonyl (C=O) groups excluding carboxylic acids is 3. The maximum Gasteiger partial charge on any atom is 0.325 e. The molecule has 8 nitrogen and oxygen atoms in total. The summed E-state index contributed by atoms with van der Waals surface area (Å²) in [4.78, 5) is 52.3. The molecule has 0 fully saturated rings. The number of pyridine rings is 1. The van der Waals surface area contributed by atoms with Gasteiger partial charge in [0, 0.05) is 18.0 Å². The van der Waals surface area contributed by atoms with Crippen LogP contribution in [-0.4, -0.2) is 27.4 Å². The third-order valence-electron chi connectivity index (χ3n) is 4.09. The quantitative estimate of drug-likeness (QED) is 0.419. The Morgan fingerprint density at radius 1 is 1.14 bits per heavy atom. The number of nitrogens with one attached hydrogen (secondary N) is 1. The van der Waals surface area contributed by atoms with Gasteiger partial charge in [-0.15, -0.1) is 0 Å². The van der Waals surface area contributed by atoms with Gasteiger partial charge >= 0.3 is 5.00 Å². The Kier molecular flexibility index (Phi) is 4.04. The highest BCUT2D eigenvalue weighted by Gasteiger charge is 2.38. The van der Waals surface area contributed by atoms with Gasteiger partial charge in [0.25, 0.3) is 5.91 Å². The second-order valence-corrected chi connectivity index (χ2v) is 6.82. The molecule has 0 radical (unpaired) electrons. The van der Waals surface area contributed by atoms with Gasteiger partial charge in [-0.2, -0.15) is 0 Å². The van der Waals surface area contributed by atoms with Crippen LogP contribution in [0.5, 0.6) is 0 Å². The molecule has 0 atom stereocenters. The van der Waals surface area contributed by atoms with Crippen LogP contribution < -0.4 is 5.32 Å². The number of hydrogen-bond acceptors (Lipinski definition) is 7. The minimum absolute atomic E-state index is 0.0993. The van der Waals surface area contributed by atoms with Gasteiger partial charge in [-0.25, -0.2) is 4.39 Å². The van der Waals surface area contributed by atoms with Crippen LogP contribution in [0.3, 0.4) is 0 Å². The average molecular weight is 397 g/mol. The van der Waals surface area contributed by atoms with E-state index in [1.807, 2.05) is 0 Å². The monoisotopic (exact) mass is 397 g/mol. The second-order valence-electron chi connectivity index (χ2n) is 5.79. The van der Waals surface area contributed by atoms with Crippen molar-refractivity contribution in [1.82, 2.24) is 4.98 Å². The van der Waals surface area contributed by atoms with Crippen LogP contribution in [0.25, 0.3) is 0 Å². The Hall–Kier alpha value is -3.79. The number of thiophene rings is 1. The number of anilines is 1. The van der Waals surface area contributed by atoms with E-state index >= 15 is 0 Å². The van der Waals surface area contributed by atoms with Gasteiger partial charge in [-0.1, -0.05) is 11.3 Å². The van der Waals surface area contributed by atoms with E-state index in [1.54, 1.807) is 0 Å². The Bertz CT molecular complexity index is 1190. The number of aromatic nitrogens is 1. The van der Waals surface area contributed by atoms with E-state index in [4.69, 9.17) is 0 Å². The molecule has 3 aromatic rings. The molecule has 0 unspecified atom stereocenters. The molecule has 10 heteroatoms. The Labute approximate surface area is 159 Å². The van der Waals surface area contributed by atoms with Gasteiger partial charge in [0.2, 0.25) is 11.6 Å². The van der Waals surface area contributed by atoms with Gasteiger partial charge in [0.1, 0.15) is 11.5 Å². The molecule has 1 aromatic carbocycles. The molecule has 0 bridgehead atoms. The third kappa shape index (κ3) is 2.76. The molecular formula is C18H8FN3O5S. The molecule has 1 amide bonds. The van der Waals surface area contributed by atoms with Crippen molar-refractivity contribution in [2.24, 2.45) is 0 Å². The van der Waals surface area contributed by atoms with E-state index in [2.05, 4.69) is 10.3 Å². The first-order chi connectivity index (χ1) is 13.4. The fourth-order valence-corrected chi connectivity index (χ4v) is 3.75. The van der Waals surface area contributed by atoms with Crippen molar-refractivity contribution in [3.63, 3.8) is 0 Å². The summed E-state index contributed by atoms with van der Waals surface area (Å²) in [6, 6.07) is 7.31. The molecule has 28 heavy (non-hydrogen) atoms. The van der Waals surface area contributed by atoms with E-state index in [1.165, 1.54) is 24.4 Å². The van der Waals surface area contributed by atoms with Crippen LogP contribution >= 0.6 is 11.3 Å². The molecule has 0 aliphatic heterocycles. The summed E-state index contributed by atoms with van der Waals surface area (Å²) in [7, 11) is 0. The number of ketones is 2. The van der Waals surface area contributed by atoms with E-state index < -0.39 is 28.2 Å². The number of fused-ring (bicyclic) bond motifs is 2. The smallest absolute Gasteiger partial charge is 0.322 e. The van der Waals surface area contributed by atoms with Crippen LogP contribution in [-0.2, 0) is 0 Å². The third-order valence-corrected chi connectivity index (χ3v) is 5.18. The maximum atomic E-state index is 13.0. The lowest BCUT2D eigenvalue weighted by Gasteiger charge is -2.16. The second kappa shape index (κ2) is 6.43. The van der Waals surface area contributed by atoms with Crippen LogP contribution in [0.2, 0.25) is 0 Å². The summed E-state index contributed by atoms with van der Waals surface area (Å²) >= 11 is 0.574. The summed E-state index contributed by atoms with van der Waals surface area (Å²) in [6.07, 6.45) is 1.20. The first-order valence-corrected chi connectivity index (χ1v) is 8.62. The SMILES string of the molecule is O=C(Nc1ccc(F)cc1)c1ccnc2c1C(=O)c1sc([N+](=O)[O-])cc1C2=O. The van der Waals surface area contributed by atoms with E-state index in [-0.39, 0.29) is 32.3 Å². The fourth-order valence-electron chi connectivity index (χ4n) is 2.83. The minimum atomic E-state index is -0.694. The number of rotatable bonds is 3. The van der Waals surface area contributed by atoms with Gasteiger partial charge in [0.15, 0.2) is 0 Å². The molecule has 1 N–H and O–H groups in total.